The van der Waals surface area contributed by atoms with E-state index in [-0.39, 0.29) is 0 Å². The van der Waals surface area contributed by atoms with E-state index in [2.05, 4.69) is 136 Å². The van der Waals surface area contributed by atoms with E-state index >= 15 is 0 Å². The minimum atomic E-state index is -5.84. The predicted octanol–water partition coefficient (Wildman–Crippen LogP) is 10.3. The highest BCUT2D eigenvalue weighted by Gasteiger charge is 2.44. The molecule has 3 nitrogen and oxygen atoms in total. The lowest BCUT2D eigenvalue weighted by molar-refractivity contribution is -0.0510. The lowest BCUT2D eigenvalue weighted by Crippen LogP contribution is -2.21. The quantitative estimate of drug-likeness (QED) is 0.125. The summed E-state index contributed by atoms with van der Waals surface area (Å²) in [6.45, 7) is 6.45. The molecule has 0 spiro atoms. The molecule has 0 fully saturated rings. The summed E-state index contributed by atoms with van der Waals surface area (Å²) in [6, 6.07) is 42.7. The smallest absolute Gasteiger partial charge is 0.279 e. The van der Waals surface area contributed by atoms with Crippen LogP contribution in [-0.4, -0.2) is 18.5 Å². The molecule has 0 radical (unpaired) electrons. The Balaban J connectivity index is 0.000000407. The first kappa shape index (κ1) is 30.0. The number of hydrogen-bond acceptors (Lipinski definition) is 2. The Morgan fingerprint density at radius 2 is 0.930 bits per heavy atom. The van der Waals surface area contributed by atoms with Gasteiger partial charge in [0.1, 0.15) is 0 Å². The third-order valence-corrected chi connectivity index (χ3v) is 7.93. The topological polar surface area (TPSA) is 54.4 Å². The zero-order valence-electron chi connectivity index (χ0n) is 23.8. The van der Waals surface area contributed by atoms with Gasteiger partial charge in [0, 0.05) is 0 Å². The van der Waals surface area contributed by atoms with Gasteiger partial charge < -0.3 is 0 Å². The molecule has 0 aliphatic rings. The van der Waals surface area contributed by atoms with Gasteiger partial charge in [-0.3, -0.25) is 4.55 Å². The third-order valence-electron chi connectivity index (χ3n) is 7.34. The number of aryl methyl sites for hydroxylation is 3. The van der Waals surface area contributed by atoms with Crippen molar-refractivity contribution in [3.63, 3.8) is 0 Å². The second-order valence-electron chi connectivity index (χ2n) is 10.6. The average molecular weight is 599 g/mol. The highest BCUT2D eigenvalue weighted by Crippen LogP contribution is 2.45. The maximum atomic E-state index is 10.7. The Morgan fingerprint density at radius 3 is 1.37 bits per heavy atom. The van der Waals surface area contributed by atoms with Crippen molar-refractivity contribution in [3.05, 3.63) is 132 Å². The first-order chi connectivity index (χ1) is 20.3. The van der Waals surface area contributed by atoms with E-state index in [1.54, 1.807) is 0 Å². The van der Waals surface area contributed by atoms with E-state index in [9.17, 15) is 13.2 Å². The summed E-state index contributed by atoms with van der Waals surface area (Å²) >= 11 is 0. The molecule has 0 unspecified atom stereocenters. The molecule has 0 atom stereocenters. The molecule has 7 heteroatoms. The van der Waals surface area contributed by atoms with Crippen molar-refractivity contribution in [3.8, 4) is 33.4 Å². The number of halogens is 3. The average Bonchev–Trinajstić information content (AvgIpc) is 2.96. The summed E-state index contributed by atoms with van der Waals surface area (Å²) < 4.78 is 57.5. The SMILES string of the molecule is Cc1ccc(-c2cc3cc4ccccc4cc3c(-c3ccc(C)cc3)c2-c2ccc(C)cc2)cc1.O=S(=O)(O)C(F)(F)F. The van der Waals surface area contributed by atoms with Crippen LogP contribution in [0.15, 0.2) is 115 Å². The fourth-order valence-electron chi connectivity index (χ4n) is 5.09. The monoisotopic (exact) mass is 598 g/mol. The highest BCUT2D eigenvalue weighted by atomic mass is 32.2. The number of rotatable bonds is 3. The summed E-state index contributed by atoms with van der Waals surface area (Å²) in [6.07, 6.45) is 0. The molecule has 0 amide bonds. The Labute approximate surface area is 249 Å². The van der Waals surface area contributed by atoms with Gasteiger partial charge in [-0.2, -0.15) is 21.6 Å². The van der Waals surface area contributed by atoms with E-state index in [4.69, 9.17) is 13.0 Å². The lowest BCUT2D eigenvalue weighted by atomic mass is 9.83. The van der Waals surface area contributed by atoms with Crippen LogP contribution in [0, 0.1) is 20.8 Å². The molecule has 6 aromatic carbocycles. The first-order valence-electron chi connectivity index (χ1n) is 13.6. The van der Waals surface area contributed by atoms with Gasteiger partial charge >= 0.3 is 15.6 Å². The molecular weight excluding hydrogens is 569 g/mol. The number of benzene rings is 6. The third kappa shape index (κ3) is 6.48. The molecule has 0 aliphatic heterocycles. The molecule has 0 heterocycles. The molecule has 0 bridgehead atoms. The number of alkyl halides is 3. The van der Waals surface area contributed by atoms with Crippen LogP contribution in [0.4, 0.5) is 13.2 Å². The van der Waals surface area contributed by atoms with Crippen LogP contribution < -0.4 is 0 Å². The van der Waals surface area contributed by atoms with Crippen molar-refractivity contribution in [2.24, 2.45) is 0 Å². The van der Waals surface area contributed by atoms with E-state index in [1.165, 1.54) is 71.6 Å². The van der Waals surface area contributed by atoms with Crippen LogP contribution in [0.2, 0.25) is 0 Å². The van der Waals surface area contributed by atoms with E-state index in [1.807, 2.05) is 0 Å². The minimum Gasteiger partial charge on any atom is -0.279 e. The predicted molar refractivity (Wildman–Crippen MR) is 170 cm³/mol. The van der Waals surface area contributed by atoms with Gasteiger partial charge in [0.05, 0.1) is 0 Å². The van der Waals surface area contributed by atoms with Gasteiger partial charge in [0.25, 0.3) is 0 Å². The normalized spacial score (nSPS) is 11.8. The fourth-order valence-corrected chi connectivity index (χ4v) is 5.09. The zero-order valence-corrected chi connectivity index (χ0v) is 24.6. The standard InChI is InChI=1S/C35H28.CHF3O3S/c1-23-8-14-26(15-9-23)32-22-31-20-29-6-4-5-7-30(29)21-33(31)35(28-18-12-25(3)13-19-28)34(32)27-16-10-24(2)11-17-27;2-1(3,4)8(5,6)7/h4-22H,1-3H3;(H,5,6,7). The molecule has 0 aliphatic carbocycles. The maximum absolute atomic E-state index is 10.7. The summed E-state index contributed by atoms with van der Waals surface area (Å²) in [5.74, 6) is 0. The van der Waals surface area contributed by atoms with Crippen LogP contribution in [0.1, 0.15) is 16.7 Å². The fraction of sp³-hybridized carbons (Fsp3) is 0.111. The van der Waals surface area contributed by atoms with Crippen molar-refractivity contribution in [2.75, 3.05) is 0 Å². The van der Waals surface area contributed by atoms with Crippen molar-refractivity contribution in [1.82, 2.24) is 0 Å². The van der Waals surface area contributed by atoms with Crippen LogP contribution >= 0.6 is 0 Å². The Bertz CT molecular complexity index is 2030. The van der Waals surface area contributed by atoms with Gasteiger partial charge in [0.2, 0.25) is 0 Å². The Hall–Kier alpha value is -4.46. The van der Waals surface area contributed by atoms with Crippen LogP contribution in [0.25, 0.3) is 54.9 Å². The highest BCUT2D eigenvalue weighted by molar-refractivity contribution is 7.86. The van der Waals surface area contributed by atoms with Gasteiger partial charge in [-0.1, -0.05) is 114 Å². The Kier molecular flexibility index (Phi) is 8.14. The van der Waals surface area contributed by atoms with Gasteiger partial charge in [-0.15, -0.1) is 0 Å². The van der Waals surface area contributed by atoms with Crippen LogP contribution in [-0.2, 0) is 10.1 Å². The summed E-state index contributed by atoms with van der Waals surface area (Å²) in [7, 11) is -5.84. The molecule has 6 aromatic rings. The van der Waals surface area contributed by atoms with Crippen LogP contribution in [0.5, 0.6) is 0 Å². The maximum Gasteiger partial charge on any atom is 0.522 e. The second kappa shape index (κ2) is 11.7. The van der Waals surface area contributed by atoms with Crippen LogP contribution in [0.3, 0.4) is 0 Å². The second-order valence-corrected chi connectivity index (χ2v) is 12.0. The summed E-state index contributed by atoms with van der Waals surface area (Å²) in [5, 5.41) is 5.10. The largest absolute Gasteiger partial charge is 0.522 e. The molecule has 43 heavy (non-hydrogen) atoms. The van der Waals surface area contributed by atoms with Crippen molar-refractivity contribution in [2.45, 2.75) is 26.3 Å². The number of hydrogen-bond donors (Lipinski definition) is 1. The molecule has 0 saturated heterocycles. The van der Waals surface area contributed by atoms with E-state index in [0.29, 0.717) is 0 Å². The van der Waals surface area contributed by atoms with E-state index < -0.39 is 15.6 Å². The summed E-state index contributed by atoms with van der Waals surface area (Å²) in [4.78, 5) is 0. The molecule has 0 saturated carbocycles. The molecule has 6 rings (SSSR count). The zero-order chi connectivity index (χ0) is 30.9. The number of fused-ring (bicyclic) bond motifs is 2. The van der Waals surface area contributed by atoms with E-state index in [0.717, 1.165) is 0 Å². The van der Waals surface area contributed by atoms with Crippen molar-refractivity contribution < 1.29 is 26.1 Å². The first-order valence-corrected chi connectivity index (χ1v) is 15.0. The van der Waals surface area contributed by atoms with Gasteiger partial charge in [-0.25, -0.2) is 0 Å². The van der Waals surface area contributed by atoms with Crippen molar-refractivity contribution >= 4 is 31.7 Å². The van der Waals surface area contributed by atoms with Crippen molar-refractivity contribution in [1.29, 1.82) is 0 Å². The molecule has 1 N–H and O–H groups in total. The molecule has 0 aromatic heterocycles. The van der Waals surface area contributed by atoms with Gasteiger partial charge in [0.15, 0.2) is 0 Å². The minimum absolute atomic E-state index is 1.24. The lowest BCUT2D eigenvalue weighted by Gasteiger charge is -2.20. The Morgan fingerprint density at radius 1 is 0.535 bits per heavy atom. The molecule has 218 valence electrons. The molecular formula is C36H29F3O3S. The van der Waals surface area contributed by atoms with Gasteiger partial charge in [-0.05, 0) is 93.9 Å². The summed E-state index contributed by atoms with van der Waals surface area (Å²) in [5.41, 5.74) is 5.89.